The van der Waals surface area contributed by atoms with Crippen LogP contribution in [0.4, 0.5) is 0 Å². The Balaban J connectivity index is 0.00000180. The van der Waals surface area contributed by atoms with Crippen molar-refractivity contribution in [2.24, 2.45) is 0 Å². The average Bonchev–Trinajstić information content (AvgIpc) is 2.80. The minimum absolute atomic E-state index is 0. The summed E-state index contributed by atoms with van der Waals surface area (Å²) in [6.07, 6.45) is 2.22. The van der Waals surface area contributed by atoms with Crippen molar-refractivity contribution in [3.8, 4) is 0 Å². The molecule has 106 valence electrons. The van der Waals surface area contributed by atoms with E-state index in [0.29, 0.717) is 6.04 Å². The molecule has 0 spiro atoms. The lowest BCUT2D eigenvalue weighted by molar-refractivity contribution is 0.0736. The van der Waals surface area contributed by atoms with Crippen LogP contribution >= 0.6 is 35.0 Å². The van der Waals surface area contributed by atoms with Crippen LogP contribution in [0.3, 0.4) is 0 Å². The van der Waals surface area contributed by atoms with Gasteiger partial charge in [-0.2, -0.15) is 0 Å². The maximum Gasteiger partial charge on any atom is 0.254 e. The van der Waals surface area contributed by atoms with Crippen molar-refractivity contribution in [3.63, 3.8) is 0 Å². The number of benzene rings is 1. The van der Waals surface area contributed by atoms with Crippen LogP contribution in [0.25, 0.3) is 0 Å². The standard InChI is InChI=1S/C14H19IN2O.ClH/c1-10-12(6-3-7-13(10)15)14(18)17-8-4-5-11(17)9-16-2;/h3,6-7,11,16H,4-5,8-9H2,1-2H3;1H. The Kier molecular flexibility index (Phi) is 6.56. The molecular formula is C14H20ClIN2O. The fraction of sp³-hybridized carbons (Fsp3) is 0.500. The van der Waals surface area contributed by atoms with Gasteiger partial charge in [-0.1, -0.05) is 6.07 Å². The molecule has 0 aromatic heterocycles. The molecular weight excluding hydrogens is 375 g/mol. The number of nitrogens with zero attached hydrogens (tertiary/aromatic N) is 1. The van der Waals surface area contributed by atoms with Crippen molar-refractivity contribution in [1.82, 2.24) is 10.2 Å². The molecule has 1 amide bonds. The average molecular weight is 395 g/mol. The number of likely N-dealkylation sites (N-methyl/N-ethyl adjacent to an activating group) is 1. The molecule has 5 heteroatoms. The Morgan fingerprint density at radius 2 is 2.26 bits per heavy atom. The van der Waals surface area contributed by atoms with Gasteiger partial charge in [0.05, 0.1) is 0 Å². The molecule has 2 rings (SSSR count). The third-order valence-corrected chi connectivity index (χ3v) is 4.74. The van der Waals surface area contributed by atoms with E-state index in [9.17, 15) is 4.79 Å². The van der Waals surface area contributed by atoms with Gasteiger partial charge in [0, 0.05) is 28.3 Å². The van der Waals surface area contributed by atoms with Crippen molar-refractivity contribution < 1.29 is 4.79 Å². The molecule has 1 N–H and O–H groups in total. The summed E-state index contributed by atoms with van der Waals surface area (Å²) in [6.45, 7) is 3.79. The zero-order valence-electron chi connectivity index (χ0n) is 11.3. The molecule has 3 nitrogen and oxygen atoms in total. The minimum atomic E-state index is 0. The van der Waals surface area contributed by atoms with Gasteiger partial charge in [0.1, 0.15) is 0 Å². The van der Waals surface area contributed by atoms with Crippen LogP contribution in [-0.4, -0.2) is 37.0 Å². The second-order valence-corrected chi connectivity index (χ2v) is 5.93. The van der Waals surface area contributed by atoms with Crippen molar-refractivity contribution in [2.45, 2.75) is 25.8 Å². The number of hydrogen-bond donors (Lipinski definition) is 1. The molecule has 1 aliphatic heterocycles. The van der Waals surface area contributed by atoms with Gasteiger partial charge in [-0.25, -0.2) is 0 Å². The molecule has 1 atom stereocenters. The van der Waals surface area contributed by atoms with Crippen LogP contribution in [0.5, 0.6) is 0 Å². The summed E-state index contributed by atoms with van der Waals surface area (Å²) in [5, 5.41) is 3.18. The quantitative estimate of drug-likeness (QED) is 0.800. The molecule has 0 radical (unpaired) electrons. The zero-order valence-corrected chi connectivity index (χ0v) is 14.3. The van der Waals surface area contributed by atoms with E-state index >= 15 is 0 Å². The summed E-state index contributed by atoms with van der Waals surface area (Å²) in [5.41, 5.74) is 1.95. The van der Waals surface area contributed by atoms with E-state index in [1.165, 1.54) is 0 Å². The van der Waals surface area contributed by atoms with E-state index in [4.69, 9.17) is 0 Å². The molecule has 1 aromatic carbocycles. The summed E-state index contributed by atoms with van der Waals surface area (Å²) in [4.78, 5) is 14.6. The van der Waals surface area contributed by atoms with Crippen molar-refractivity contribution in [2.75, 3.05) is 20.1 Å². The Labute approximate surface area is 134 Å². The number of likely N-dealkylation sites (tertiary alicyclic amines) is 1. The highest BCUT2D eigenvalue weighted by molar-refractivity contribution is 14.1. The van der Waals surface area contributed by atoms with E-state index in [-0.39, 0.29) is 18.3 Å². The molecule has 0 bridgehead atoms. The lowest BCUT2D eigenvalue weighted by Crippen LogP contribution is -2.41. The normalized spacial score (nSPS) is 18.3. The van der Waals surface area contributed by atoms with Gasteiger partial charge < -0.3 is 10.2 Å². The highest BCUT2D eigenvalue weighted by Crippen LogP contribution is 2.23. The number of carbonyl (C=O) groups excluding carboxylic acids is 1. The Morgan fingerprint density at radius 3 is 2.95 bits per heavy atom. The van der Waals surface area contributed by atoms with Crippen LogP contribution in [0.1, 0.15) is 28.8 Å². The molecule has 1 heterocycles. The monoisotopic (exact) mass is 394 g/mol. The summed E-state index contributed by atoms with van der Waals surface area (Å²) >= 11 is 2.29. The van der Waals surface area contributed by atoms with Gasteiger partial charge in [0.15, 0.2) is 0 Å². The summed E-state index contributed by atoms with van der Waals surface area (Å²) in [6, 6.07) is 6.29. The topological polar surface area (TPSA) is 32.3 Å². The predicted molar refractivity (Wildman–Crippen MR) is 89.1 cm³/mol. The summed E-state index contributed by atoms with van der Waals surface area (Å²) in [5.74, 6) is 0.184. The van der Waals surface area contributed by atoms with E-state index in [0.717, 1.165) is 40.6 Å². The second kappa shape index (κ2) is 7.45. The minimum Gasteiger partial charge on any atom is -0.334 e. The van der Waals surface area contributed by atoms with Crippen LogP contribution in [-0.2, 0) is 0 Å². The highest BCUT2D eigenvalue weighted by Gasteiger charge is 2.29. The molecule has 1 aromatic rings. The first-order chi connectivity index (χ1) is 8.65. The third kappa shape index (κ3) is 3.61. The largest absolute Gasteiger partial charge is 0.334 e. The van der Waals surface area contributed by atoms with Crippen molar-refractivity contribution in [3.05, 3.63) is 32.9 Å². The molecule has 0 saturated carbocycles. The highest BCUT2D eigenvalue weighted by atomic mass is 127. The smallest absolute Gasteiger partial charge is 0.254 e. The van der Waals surface area contributed by atoms with Gasteiger partial charge in [0.25, 0.3) is 5.91 Å². The Bertz CT molecular complexity index is 453. The Morgan fingerprint density at radius 1 is 1.53 bits per heavy atom. The van der Waals surface area contributed by atoms with Crippen molar-refractivity contribution in [1.29, 1.82) is 0 Å². The molecule has 1 fully saturated rings. The number of hydrogen-bond acceptors (Lipinski definition) is 2. The van der Waals surface area contributed by atoms with E-state index in [2.05, 4.69) is 27.9 Å². The number of carbonyl (C=O) groups is 1. The maximum atomic E-state index is 12.6. The van der Waals surface area contributed by atoms with E-state index in [1.54, 1.807) is 0 Å². The van der Waals surface area contributed by atoms with Gasteiger partial charge in [-0.15, -0.1) is 12.4 Å². The van der Waals surface area contributed by atoms with Gasteiger partial charge in [0.2, 0.25) is 0 Å². The van der Waals surface area contributed by atoms with Gasteiger partial charge in [-0.3, -0.25) is 4.79 Å². The maximum absolute atomic E-state index is 12.6. The zero-order chi connectivity index (χ0) is 13.1. The molecule has 19 heavy (non-hydrogen) atoms. The lowest BCUT2D eigenvalue weighted by Gasteiger charge is -2.25. The second-order valence-electron chi connectivity index (χ2n) is 4.76. The first-order valence-electron chi connectivity index (χ1n) is 6.36. The van der Waals surface area contributed by atoms with Gasteiger partial charge >= 0.3 is 0 Å². The fourth-order valence-corrected chi connectivity index (χ4v) is 3.04. The molecule has 1 aliphatic rings. The van der Waals surface area contributed by atoms with Crippen molar-refractivity contribution >= 4 is 40.9 Å². The summed E-state index contributed by atoms with van der Waals surface area (Å²) < 4.78 is 1.16. The molecule has 1 saturated heterocycles. The van der Waals surface area contributed by atoms with Crippen LogP contribution in [0.15, 0.2) is 18.2 Å². The number of halogens is 2. The number of amides is 1. The predicted octanol–water partition coefficient (Wildman–Crippen LogP) is 2.85. The lowest BCUT2D eigenvalue weighted by atomic mass is 10.1. The molecule has 1 unspecified atom stereocenters. The fourth-order valence-electron chi connectivity index (χ4n) is 2.54. The first kappa shape index (κ1) is 16.7. The van der Waals surface area contributed by atoms with Gasteiger partial charge in [-0.05, 0) is 67.1 Å². The van der Waals surface area contributed by atoms with E-state index in [1.807, 2.05) is 37.1 Å². The molecule has 0 aliphatic carbocycles. The number of rotatable bonds is 3. The Hall–Kier alpha value is -0.330. The number of nitrogens with one attached hydrogen (secondary N) is 1. The SMILES string of the molecule is CNCC1CCCN1C(=O)c1cccc(I)c1C.Cl. The van der Waals surface area contributed by atoms with Crippen LogP contribution in [0, 0.1) is 10.5 Å². The first-order valence-corrected chi connectivity index (χ1v) is 7.43. The van der Waals surface area contributed by atoms with E-state index < -0.39 is 0 Å². The van der Waals surface area contributed by atoms with Crippen LogP contribution in [0.2, 0.25) is 0 Å². The van der Waals surface area contributed by atoms with Crippen LogP contribution < -0.4 is 5.32 Å². The third-order valence-electron chi connectivity index (χ3n) is 3.58. The summed E-state index contributed by atoms with van der Waals surface area (Å²) in [7, 11) is 1.94.